The molecule has 0 spiro atoms. The Morgan fingerprint density at radius 2 is 1.95 bits per heavy atom. The molecule has 0 aliphatic carbocycles. The van der Waals surface area contributed by atoms with Crippen LogP contribution in [0, 0.1) is 11.8 Å². The molecule has 7 heteroatoms. The van der Waals surface area contributed by atoms with Crippen LogP contribution in [0.2, 0.25) is 0 Å². The summed E-state index contributed by atoms with van der Waals surface area (Å²) in [4.78, 5) is 23.9. The first-order chi connectivity index (χ1) is 8.95. The van der Waals surface area contributed by atoms with Crippen molar-refractivity contribution in [2.24, 2.45) is 11.8 Å². The summed E-state index contributed by atoms with van der Waals surface area (Å²) in [6.07, 6.45) is -0.399. The maximum Gasteiger partial charge on any atom is 0.308 e. The van der Waals surface area contributed by atoms with Crippen LogP contribution in [0.4, 0.5) is 0 Å². The number of aliphatic hydroxyl groups is 1. The predicted octanol–water partition coefficient (Wildman–Crippen LogP) is -0.509. The first kappa shape index (κ1) is 15.9. The molecule has 110 valence electrons. The Morgan fingerprint density at radius 3 is 2.47 bits per heavy atom. The summed E-state index contributed by atoms with van der Waals surface area (Å²) < 4.78 is 5.08. The summed E-state index contributed by atoms with van der Waals surface area (Å²) in [6, 6.07) is 0. The number of piperidine rings is 1. The van der Waals surface area contributed by atoms with Gasteiger partial charge in [0, 0.05) is 19.7 Å². The molecule has 1 aliphatic rings. The number of ether oxygens (including phenoxy) is 1. The first-order valence-electron chi connectivity index (χ1n) is 6.39. The van der Waals surface area contributed by atoms with Gasteiger partial charge < -0.3 is 20.1 Å². The van der Waals surface area contributed by atoms with Crippen molar-refractivity contribution in [3.8, 4) is 0 Å². The minimum Gasteiger partial charge on any atom is -0.481 e. The van der Waals surface area contributed by atoms with Crippen molar-refractivity contribution in [1.29, 1.82) is 0 Å². The number of aliphatic carboxylic acids is 2. The number of nitrogens with zero attached hydrogens (tertiary/aromatic N) is 1. The van der Waals surface area contributed by atoms with Crippen molar-refractivity contribution in [2.75, 3.05) is 32.8 Å². The molecule has 0 aromatic rings. The molecule has 19 heavy (non-hydrogen) atoms. The Balaban J connectivity index is 2.52. The normalized spacial score (nSPS) is 26.0. The number of hydrogen-bond donors (Lipinski definition) is 3. The minimum absolute atomic E-state index is 0.148. The van der Waals surface area contributed by atoms with Crippen LogP contribution in [0.15, 0.2) is 0 Å². The Bertz CT molecular complexity index is 321. The van der Waals surface area contributed by atoms with Crippen molar-refractivity contribution < 1.29 is 29.6 Å². The molecule has 0 radical (unpaired) electrons. The van der Waals surface area contributed by atoms with Gasteiger partial charge in [-0.1, -0.05) is 0 Å². The number of rotatable bonds is 7. The second kappa shape index (κ2) is 7.42. The summed E-state index contributed by atoms with van der Waals surface area (Å²) in [6.45, 7) is 3.46. The third kappa shape index (κ3) is 4.77. The molecule has 3 unspecified atom stereocenters. The molecule has 1 rings (SSSR count). The fourth-order valence-corrected chi connectivity index (χ4v) is 2.34. The summed E-state index contributed by atoms with van der Waals surface area (Å²) >= 11 is 0. The lowest BCUT2D eigenvalue weighted by Gasteiger charge is -2.35. The molecule has 0 amide bonds. The summed E-state index contributed by atoms with van der Waals surface area (Å²) in [5, 5.41) is 27.8. The molecule has 0 aromatic heterocycles. The highest BCUT2D eigenvalue weighted by atomic mass is 16.5. The number of carboxylic acid groups (broad SMARTS) is 2. The number of β-amino-alcohol motifs (C(OH)–C–C–N with tert-alkyl or cyclic N) is 1. The van der Waals surface area contributed by atoms with Gasteiger partial charge in [-0.2, -0.15) is 0 Å². The van der Waals surface area contributed by atoms with Crippen LogP contribution in [-0.2, 0) is 14.3 Å². The average molecular weight is 275 g/mol. The zero-order valence-corrected chi connectivity index (χ0v) is 11.0. The molecule has 1 saturated heterocycles. The Kier molecular flexibility index (Phi) is 6.20. The topological polar surface area (TPSA) is 107 Å². The van der Waals surface area contributed by atoms with E-state index in [9.17, 15) is 14.7 Å². The number of aliphatic hydroxyl groups excluding tert-OH is 1. The van der Waals surface area contributed by atoms with E-state index in [0.717, 1.165) is 0 Å². The van der Waals surface area contributed by atoms with Crippen LogP contribution in [0.1, 0.15) is 13.3 Å². The van der Waals surface area contributed by atoms with Crippen molar-refractivity contribution >= 4 is 11.9 Å². The van der Waals surface area contributed by atoms with Gasteiger partial charge >= 0.3 is 11.9 Å². The minimum atomic E-state index is -1.10. The molecule has 0 bridgehead atoms. The van der Waals surface area contributed by atoms with Crippen LogP contribution < -0.4 is 0 Å². The van der Waals surface area contributed by atoms with E-state index in [1.165, 1.54) is 0 Å². The molecule has 1 aliphatic heterocycles. The molecule has 3 N–H and O–H groups in total. The van der Waals surface area contributed by atoms with Crippen LogP contribution >= 0.6 is 0 Å². The maximum absolute atomic E-state index is 11.1. The zero-order chi connectivity index (χ0) is 14.4. The monoisotopic (exact) mass is 275 g/mol. The van der Waals surface area contributed by atoms with Crippen LogP contribution in [0.3, 0.4) is 0 Å². The number of carboxylic acids is 2. The largest absolute Gasteiger partial charge is 0.481 e. The Labute approximate surface area is 111 Å². The third-order valence-electron chi connectivity index (χ3n) is 3.31. The van der Waals surface area contributed by atoms with Gasteiger partial charge in [0.05, 0.1) is 24.5 Å². The first-order valence-corrected chi connectivity index (χ1v) is 6.39. The van der Waals surface area contributed by atoms with Crippen molar-refractivity contribution in [2.45, 2.75) is 19.4 Å². The lowest BCUT2D eigenvalue weighted by molar-refractivity contribution is -0.157. The molecule has 0 saturated carbocycles. The lowest BCUT2D eigenvalue weighted by atomic mass is 9.85. The van der Waals surface area contributed by atoms with Crippen LogP contribution in [0.25, 0.3) is 0 Å². The Morgan fingerprint density at radius 1 is 1.32 bits per heavy atom. The van der Waals surface area contributed by atoms with Crippen LogP contribution in [0.5, 0.6) is 0 Å². The molecule has 1 fully saturated rings. The van der Waals surface area contributed by atoms with E-state index < -0.39 is 29.9 Å². The molecule has 1 heterocycles. The number of hydrogen-bond acceptors (Lipinski definition) is 5. The standard InChI is InChI=1S/C12H21NO6/c1-2-19-7-8(14)5-13-4-3-9(11(15)16)10(6-13)12(17)18/h8-10,14H,2-7H2,1H3,(H,15,16)(H,17,18). The SMILES string of the molecule is CCOCC(O)CN1CCC(C(=O)O)C(C(=O)O)C1. The number of carbonyl (C=O) groups is 2. The van der Waals surface area contributed by atoms with E-state index in [0.29, 0.717) is 19.7 Å². The second-order valence-electron chi connectivity index (χ2n) is 4.75. The van der Waals surface area contributed by atoms with Gasteiger partial charge in [-0.05, 0) is 19.9 Å². The summed E-state index contributed by atoms with van der Waals surface area (Å²) in [5.41, 5.74) is 0. The molecule has 0 aromatic carbocycles. The van der Waals surface area contributed by atoms with E-state index in [2.05, 4.69) is 0 Å². The van der Waals surface area contributed by atoms with E-state index in [-0.39, 0.29) is 19.6 Å². The predicted molar refractivity (Wildman–Crippen MR) is 65.8 cm³/mol. The second-order valence-corrected chi connectivity index (χ2v) is 4.75. The quantitative estimate of drug-likeness (QED) is 0.574. The summed E-state index contributed by atoms with van der Waals surface area (Å²) in [5.74, 6) is -3.94. The van der Waals surface area contributed by atoms with Gasteiger partial charge in [0.2, 0.25) is 0 Å². The molecular weight excluding hydrogens is 254 g/mol. The smallest absolute Gasteiger partial charge is 0.308 e. The molecule has 7 nitrogen and oxygen atoms in total. The van der Waals surface area contributed by atoms with E-state index >= 15 is 0 Å². The van der Waals surface area contributed by atoms with E-state index in [1.807, 2.05) is 6.92 Å². The highest BCUT2D eigenvalue weighted by molar-refractivity contribution is 5.80. The van der Waals surface area contributed by atoms with Gasteiger partial charge in [0.25, 0.3) is 0 Å². The third-order valence-corrected chi connectivity index (χ3v) is 3.31. The fourth-order valence-electron chi connectivity index (χ4n) is 2.34. The highest BCUT2D eigenvalue weighted by Crippen LogP contribution is 2.24. The van der Waals surface area contributed by atoms with E-state index in [1.54, 1.807) is 4.90 Å². The molecule has 3 atom stereocenters. The average Bonchev–Trinajstić information content (AvgIpc) is 2.35. The van der Waals surface area contributed by atoms with E-state index in [4.69, 9.17) is 14.9 Å². The van der Waals surface area contributed by atoms with Gasteiger partial charge in [-0.3, -0.25) is 14.5 Å². The molecular formula is C12H21NO6. The zero-order valence-electron chi connectivity index (χ0n) is 11.0. The van der Waals surface area contributed by atoms with Gasteiger partial charge in [0.1, 0.15) is 0 Å². The van der Waals surface area contributed by atoms with Gasteiger partial charge in [-0.25, -0.2) is 0 Å². The highest BCUT2D eigenvalue weighted by Gasteiger charge is 2.38. The number of likely N-dealkylation sites (tertiary alicyclic amines) is 1. The lowest BCUT2D eigenvalue weighted by Crippen LogP contribution is -2.49. The van der Waals surface area contributed by atoms with Gasteiger partial charge in [-0.15, -0.1) is 0 Å². The van der Waals surface area contributed by atoms with Gasteiger partial charge in [0.15, 0.2) is 0 Å². The van der Waals surface area contributed by atoms with Crippen molar-refractivity contribution in [3.63, 3.8) is 0 Å². The summed E-state index contributed by atoms with van der Waals surface area (Å²) in [7, 11) is 0. The Hall–Kier alpha value is -1.18. The van der Waals surface area contributed by atoms with Crippen LogP contribution in [-0.4, -0.2) is 71.1 Å². The van der Waals surface area contributed by atoms with Crippen molar-refractivity contribution in [3.05, 3.63) is 0 Å². The van der Waals surface area contributed by atoms with Crippen molar-refractivity contribution in [1.82, 2.24) is 4.90 Å². The maximum atomic E-state index is 11.1. The fraction of sp³-hybridized carbons (Fsp3) is 0.833.